The fourth-order valence-corrected chi connectivity index (χ4v) is 2.22. The van der Waals surface area contributed by atoms with Crippen LogP contribution in [0.25, 0.3) is 0 Å². The average molecular weight is 304 g/mol. The van der Waals surface area contributed by atoms with E-state index in [1.807, 2.05) is 24.3 Å². The summed E-state index contributed by atoms with van der Waals surface area (Å²) in [6.45, 7) is 11.0. The van der Waals surface area contributed by atoms with E-state index in [2.05, 4.69) is 32.7 Å². The van der Waals surface area contributed by atoms with Crippen LogP contribution in [0.5, 0.6) is 5.75 Å². The van der Waals surface area contributed by atoms with Crippen molar-refractivity contribution >= 4 is 5.91 Å². The number of carbonyl (C=O) groups is 1. The number of carbonyl (C=O) groups excluding carboxylic acids is 1. The second kappa shape index (κ2) is 9.26. The van der Waals surface area contributed by atoms with E-state index in [0.29, 0.717) is 12.5 Å². The van der Waals surface area contributed by atoms with Crippen LogP contribution < -0.4 is 15.8 Å². The summed E-state index contributed by atoms with van der Waals surface area (Å²) in [5.41, 5.74) is 7.20. The van der Waals surface area contributed by atoms with Crippen LogP contribution >= 0.6 is 0 Å². The third-order valence-electron chi connectivity index (χ3n) is 3.30. The molecule has 3 N–H and O–H groups in total. The summed E-state index contributed by atoms with van der Waals surface area (Å²) in [5, 5.41) is 3.39. The van der Waals surface area contributed by atoms with Crippen LogP contribution in [-0.4, -0.2) is 24.6 Å². The molecule has 0 aliphatic carbocycles. The van der Waals surface area contributed by atoms with Crippen LogP contribution in [-0.2, 0) is 17.6 Å². The van der Waals surface area contributed by atoms with Gasteiger partial charge < -0.3 is 15.8 Å². The quantitative estimate of drug-likeness (QED) is 0.653. The zero-order valence-corrected chi connectivity index (χ0v) is 13.9. The number of nitrogens with one attached hydrogen (secondary N) is 1. The molecular formula is C18H28N2O2. The zero-order chi connectivity index (χ0) is 16.5. The number of nitrogens with two attached hydrogens (primary N) is 1. The Balaban J connectivity index is 2.71. The number of amides is 1. The van der Waals surface area contributed by atoms with Gasteiger partial charge in [0.05, 0.1) is 12.5 Å². The van der Waals surface area contributed by atoms with Gasteiger partial charge in [-0.15, -0.1) is 6.58 Å². The lowest BCUT2D eigenvalue weighted by molar-refractivity contribution is -0.117. The van der Waals surface area contributed by atoms with E-state index < -0.39 is 0 Å². The Kier molecular flexibility index (Phi) is 7.67. The molecule has 0 radical (unpaired) electrons. The molecule has 1 rings (SSSR count). The molecule has 22 heavy (non-hydrogen) atoms. The Morgan fingerprint density at radius 3 is 2.73 bits per heavy atom. The molecular weight excluding hydrogens is 276 g/mol. The van der Waals surface area contributed by atoms with Crippen LogP contribution in [0.3, 0.4) is 0 Å². The highest BCUT2D eigenvalue weighted by atomic mass is 16.5. The van der Waals surface area contributed by atoms with E-state index in [1.54, 1.807) is 0 Å². The van der Waals surface area contributed by atoms with E-state index in [-0.39, 0.29) is 18.4 Å². The molecule has 0 saturated heterocycles. The standard InChI is InChI=1S/C18H28N2O2/c1-5-6-16-11-15(12-18(19)21)7-8-17(16)22-14(4)9-10-20-13(2)3/h5,7-8,11,13-14,20H,1,6,9-10,12H2,2-4H3,(H2,19,21). The lowest BCUT2D eigenvalue weighted by atomic mass is 10.0. The fraction of sp³-hybridized carbons (Fsp3) is 0.500. The van der Waals surface area contributed by atoms with Crippen LogP contribution in [0.2, 0.25) is 0 Å². The second-order valence-electron chi connectivity index (χ2n) is 5.90. The average Bonchev–Trinajstić information content (AvgIpc) is 2.41. The maximum atomic E-state index is 11.0. The Morgan fingerprint density at radius 2 is 2.14 bits per heavy atom. The summed E-state index contributed by atoms with van der Waals surface area (Å²) in [6.07, 6.45) is 3.85. The van der Waals surface area contributed by atoms with Gasteiger partial charge in [-0.05, 0) is 43.5 Å². The molecule has 122 valence electrons. The first kappa shape index (κ1) is 18.2. The third-order valence-corrected chi connectivity index (χ3v) is 3.30. The van der Waals surface area contributed by atoms with Gasteiger partial charge in [-0.25, -0.2) is 0 Å². The number of ether oxygens (including phenoxy) is 1. The summed E-state index contributed by atoms with van der Waals surface area (Å²) in [4.78, 5) is 11.0. The van der Waals surface area contributed by atoms with Crippen molar-refractivity contribution in [2.24, 2.45) is 5.73 Å². The minimum absolute atomic E-state index is 0.122. The molecule has 4 nitrogen and oxygen atoms in total. The Labute approximate surface area is 133 Å². The normalized spacial score (nSPS) is 12.2. The molecule has 0 saturated carbocycles. The SMILES string of the molecule is C=CCc1cc(CC(N)=O)ccc1OC(C)CCNC(C)C. The van der Waals surface area contributed by atoms with Crippen molar-refractivity contribution in [2.45, 2.75) is 52.2 Å². The molecule has 0 bridgehead atoms. The van der Waals surface area contributed by atoms with Crippen molar-refractivity contribution in [1.29, 1.82) is 0 Å². The van der Waals surface area contributed by atoms with Crippen molar-refractivity contribution in [2.75, 3.05) is 6.54 Å². The molecule has 0 fully saturated rings. The van der Waals surface area contributed by atoms with E-state index >= 15 is 0 Å². The van der Waals surface area contributed by atoms with Gasteiger partial charge in [0, 0.05) is 6.04 Å². The predicted molar refractivity (Wildman–Crippen MR) is 91.1 cm³/mol. The van der Waals surface area contributed by atoms with Crippen molar-refractivity contribution < 1.29 is 9.53 Å². The number of hydrogen-bond acceptors (Lipinski definition) is 3. The molecule has 1 aromatic rings. The van der Waals surface area contributed by atoms with Crippen molar-refractivity contribution in [1.82, 2.24) is 5.32 Å². The Bertz CT molecular complexity index is 498. The van der Waals surface area contributed by atoms with Gasteiger partial charge in [-0.3, -0.25) is 4.79 Å². The summed E-state index contributed by atoms with van der Waals surface area (Å²) >= 11 is 0. The molecule has 0 aliphatic rings. The Hall–Kier alpha value is -1.81. The van der Waals surface area contributed by atoms with Crippen LogP contribution in [0.15, 0.2) is 30.9 Å². The van der Waals surface area contributed by atoms with Gasteiger partial charge in [0.1, 0.15) is 5.75 Å². The van der Waals surface area contributed by atoms with Crippen molar-refractivity contribution in [3.63, 3.8) is 0 Å². The largest absolute Gasteiger partial charge is 0.490 e. The third kappa shape index (κ3) is 6.76. The zero-order valence-electron chi connectivity index (χ0n) is 13.9. The number of rotatable bonds is 10. The van der Waals surface area contributed by atoms with E-state index in [9.17, 15) is 4.79 Å². The maximum Gasteiger partial charge on any atom is 0.221 e. The highest BCUT2D eigenvalue weighted by molar-refractivity contribution is 5.76. The lowest BCUT2D eigenvalue weighted by Crippen LogP contribution is -2.27. The summed E-state index contributed by atoms with van der Waals surface area (Å²) < 4.78 is 6.04. The smallest absolute Gasteiger partial charge is 0.221 e. The van der Waals surface area contributed by atoms with E-state index in [4.69, 9.17) is 10.5 Å². The van der Waals surface area contributed by atoms with Crippen LogP contribution in [0, 0.1) is 0 Å². The van der Waals surface area contributed by atoms with Gasteiger partial charge in [0.15, 0.2) is 0 Å². The molecule has 0 aliphatic heterocycles. The predicted octanol–water partition coefficient (Wildman–Crippen LogP) is 2.60. The van der Waals surface area contributed by atoms with Crippen molar-refractivity contribution in [3.05, 3.63) is 42.0 Å². The second-order valence-corrected chi connectivity index (χ2v) is 5.90. The molecule has 0 aromatic heterocycles. The van der Waals surface area contributed by atoms with Gasteiger partial charge in [-0.2, -0.15) is 0 Å². The topological polar surface area (TPSA) is 64.4 Å². The molecule has 4 heteroatoms. The molecule has 0 spiro atoms. The first-order valence-corrected chi connectivity index (χ1v) is 7.83. The molecule has 1 aromatic carbocycles. The summed E-state index contributed by atoms with van der Waals surface area (Å²) in [7, 11) is 0. The van der Waals surface area contributed by atoms with Crippen molar-refractivity contribution in [3.8, 4) is 5.75 Å². The molecule has 1 amide bonds. The number of primary amides is 1. The first-order valence-electron chi connectivity index (χ1n) is 7.83. The minimum Gasteiger partial charge on any atom is -0.490 e. The highest BCUT2D eigenvalue weighted by Crippen LogP contribution is 2.23. The van der Waals surface area contributed by atoms with E-state index in [1.165, 1.54) is 0 Å². The monoisotopic (exact) mass is 304 g/mol. The molecule has 1 unspecified atom stereocenters. The lowest BCUT2D eigenvalue weighted by Gasteiger charge is -2.19. The van der Waals surface area contributed by atoms with Gasteiger partial charge in [0.25, 0.3) is 0 Å². The minimum atomic E-state index is -0.327. The van der Waals surface area contributed by atoms with Crippen LogP contribution in [0.4, 0.5) is 0 Å². The number of allylic oxidation sites excluding steroid dienone is 1. The van der Waals surface area contributed by atoms with E-state index in [0.717, 1.165) is 29.8 Å². The molecule has 1 atom stereocenters. The highest BCUT2D eigenvalue weighted by Gasteiger charge is 2.10. The van der Waals surface area contributed by atoms with Gasteiger partial charge in [0.2, 0.25) is 5.91 Å². The van der Waals surface area contributed by atoms with Crippen LogP contribution in [0.1, 0.15) is 38.3 Å². The number of benzene rings is 1. The summed E-state index contributed by atoms with van der Waals surface area (Å²) in [6, 6.07) is 6.27. The summed E-state index contributed by atoms with van der Waals surface area (Å²) in [5.74, 6) is 0.525. The number of hydrogen-bond donors (Lipinski definition) is 2. The maximum absolute atomic E-state index is 11.0. The molecule has 0 heterocycles. The Morgan fingerprint density at radius 1 is 1.41 bits per heavy atom. The van der Waals surface area contributed by atoms with Gasteiger partial charge in [-0.1, -0.05) is 32.1 Å². The first-order chi connectivity index (χ1) is 10.4. The van der Waals surface area contributed by atoms with Gasteiger partial charge >= 0.3 is 0 Å². The fourth-order valence-electron chi connectivity index (χ4n) is 2.22.